The van der Waals surface area contributed by atoms with Crippen molar-refractivity contribution in [3.63, 3.8) is 0 Å². The summed E-state index contributed by atoms with van der Waals surface area (Å²) < 4.78 is 64.0. The Morgan fingerprint density at radius 3 is 2.06 bits per heavy atom. The number of rotatable bonds is 3. The fraction of sp³-hybridized carbons (Fsp3) is 0.778. The van der Waals surface area contributed by atoms with Gasteiger partial charge in [0.05, 0.1) is 5.69 Å². The van der Waals surface area contributed by atoms with Crippen LogP contribution in [0.1, 0.15) is 38.2 Å². The molecule has 0 unspecified atom stereocenters. The van der Waals surface area contributed by atoms with Crippen molar-refractivity contribution in [2.45, 2.75) is 45.3 Å². The topological polar surface area (TPSA) is 30.7 Å². The van der Waals surface area contributed by atoms with Crippen molar-refractivity contribution >= 4 is 0 Å². The summed E-state index contributed by atoms with van der Waals surface area (Å²) in [5.74, 6) is -4.97. The molecule has 0 radical (unpaired) electrons. The highest BCUT2D eigenvalue weighted by Gasteiger charge is 2.61. The van der Waals surface area contributed by atoms with Gasteiger partial charge in [0.1, 0.15) is 0 Å². The van der Waals surface area contributed by atoms with Crippen LogP contribution >= 0.6 is 0 Å². The van der Waals surface area contributed by atoms with Crippen molar-refractivity contribution in [2.24, 2.45) is 0 Å². The summed E-state index contributed by atoms with van der Waals surface area (Å²) >= 11 is 0. The molecule has 0 aliphatic heterocycles. The quantitative estimate of drug-likeness (QED) is 0.779. The number of alkyl halides is 5. The normalized spacial score (nSPS) is 13.5. The maximum atomic E-state index is 13.1. The summed E-state index contributed by atoms with van der Waals surface area (Å²) in [5.41, 5.74) is -1.50. The molecule has 1 rings (SSSR count). The van der Waals surface area contributed by atoms with Gasteiger partial charge in [0.2, 0.25) is 0 Å². The number of hydrogen-bond donors (Lipinski definition) is 0. The second kappa shape index (κ2) is 4.23. The molecular weight excluding hydrogens is 245 g/mol. The Hall–Kier alpha value is -1.21. The largest absolute Gasteiger partial charge is 0.459 e. The zero-order valence-corrected chi connectivity index (χ0v) is 9.52. The number of aromatic nitrogens is 3. The highest BCUT2D eigenvalue weighted by molar-refractivity contribution is 5.18. The van der Waals surface area contributed by atoms with Crippen LogP contribution in [0.25, 0.3) is 0 Å². The minimum Gasteiger partial charge on any atom is -0.246 e. The van der Waals surface area contributed by atoms with Crippen molar-refractivity contribution in [1.82, 2.24) is 15.0 Å². The average Bonchev–Trinajstić information content (AvgIpc) is 2.59. The van der Waals surface area contributed by atoms with Gasteiger partial charge in [0.25, 0.3) is 0 Å². The first kappa shape index (κ1) is 13.9. The Morgan fingerprint density at radius 2 is 1.71 bits per heavy atom. The van der Waals surface area contributed by atoms with Gasteiger partial charge in [-0.3, -0.25) is 0 Å². The van der Waals surface area contributed by atoms with E-state index in [1.807, 2.05) is 0 Å². The lowest BCUT2D eigenvalue weighted by molar-refractivity contribution is -0.291. The summed E-state index contributed by atoms with van der Waals surface area (Å²) in [6, 6.07) is -0.324. The Kier molecular flexibility index (Phi) is 3.45. The van der Waals surface area contributed by atoms with Crippen LogP contribution in [0.4, 0.5) is 22.0 Å². The third-order valence-corrected chi connectivity index (χ3v) is 2.27. The highest BCUT2D eigenvalue weighted by atomic mass is 19.4. The van der Waals surface area contributed by atoms with E-state index in [1.165, 1.54) is 6.92 Å². The van der Waals surface area contributed by atoms with Crippen LogP contribution in [0.15, 0.2) is 0 Å². The second-order valence-electron chi connectivity index (χ2n) is 3.85. The first-order chi connectivity index (χ1) is 7.63. The molecule has 98 valence electrons. The van der Waals surface area contributed by atoms with E-state index in [-0.39, 0.29) is 18.2 Å². The average molecular weight is 257 g/mol. The van der Waals surface area contributed by atoms with Gasteiger partial charge in [-0.15, -0.1) is 5.10 Å². The van der Waals surface area contributed by atoms with Crippen LogP contribution in [0, 0.1) is 0 Å². The van der Waals surface area contributed by atoms with E-state index in [1.54, 1.807) is 13.8 Å². The van der Waals surface area contributed by atoms with E-state index in [2.05, 4.69) is 10.3 Å². The van der Waals surface area contributed by atoms with Crippen molar-refractivity contribution in [3.8, 4) is 0 Å². The van der Waals surface area contributed by atoms with E-state index < -0.39 is 17.8 Å². The lowest BCUT2D eigenvalue weighted by Gasteiger charge is -2.18. The summed E-state index contributed by atoms with van der Waals surface area (Å²) in [5, 5.41) is 6.34. The molecule has 0 spiro atoms. The molecular formula is C9H12F5N3. The van der Waals surface area contributed by atoms with Crippen LogP contribution in [-0.2, 0) is 12.3 Å². The van der Waals surface area contributed by atoms with Crippen LogP contribution in [0.2, 0.25) is 0 Å². The van der Waals surface area contributed by atoms with Gasteiger partial charge < -0.3 is 0 Å². The third kappa shape index (κ3) is 2.25. The fourth-order valence-electron chi connectivity index (χ4n) is 1.44. The van der Waals surface area contributed by atoms with Crippen molar-refractivity contribution in [3.05, 3.63) is 11.4 Å². The van der Waals surface area contributed by atoms with E-state index in [0.717, 1.165) is 4.68 Å². The summed E-state index contributed by atoms with van der Waals surface area (Å²) in [4.78, 5) is 0. The Morgan fingerprint density at radius 1 is 1.18 bits per heavy atom. The molecule has 1 heterocycles. The second-order valence-corrected chi connectivity index (χ2v) is 3.85. The molecule has 3 nitrogen and oxygen atoms in total. The maximum absolute atomic E-state index is 13.1. The molecule has 0 fully saturated rings. The van der Waals surface area contributed by atoms with Crippen LogP contribution in [-0.4, -0.2) is 21.2 Å². The molecule has 0 aliphatic carbocycles. The molecule has 0 amide bonds. The summed E-state index contributed by atoms with van der Waals surface area (Å²) in [6.45, 7) is 4.74. The predicted molar refractivity (Wildman–Crippen MR) is 49.7 cm³/mol. The third-order valence-electron chi connectivity index (χ3n) is 2.27. The summed E-state index contributed by atoms with van der Waals surface area (Å²) in [6.07, 6.45) is -5.65. The zero-order valence-electron chi connectivity index (χ0n) is 9.52. The van der Waals surface area contributed by atoms with E-state index in [9.17, 15) is 22.0 Å². The Bertz CT molecular complexity index is 394. The lowest BCUT2D eigenvalue weighted by Crippen LogP contribution is -2.35. The smallest absolute Gasteiger partial charge is 0.246 e. The number of halogens is 5. The van der Waals surface area contributed by atoms with Crippen molar-refractivity contribution in [1.29, 1.82) is 0 Å². The zero-order chi connectivity index (χ0) is 13.4. The van der Waals surface area contributed by atoms with Crippen molar-refractivity contribution in [2.75, 3.05) is 0 Å². The van der Waals surface area contributed by atoms with Gasteiger partial charge in [-0.25, -0.2) is 4.68 Å². The Labute approximate surface area is 94.6 Å². The molecule has 0 saturated heterocycles. The summed E-state index contributed by atoms with van der Waals surface area (Å²) in [7, 11) is 0. The molecule has 17 heavy (non-hydrogen) atoms. The van der Waals surface area contributed by atoms with E-state index in [0.29, 0.717) is 0 Å². The fourth-order valence-corrected chi connectivity index (χ4v) is 1.44. The highest BCUT2D eigenvalue weighted by Crippen LogP contribution is 2.44. The van der Waals surface area contributed by atoms with Gasteiger partial charge in [0.15, 0.2) is 5.69 Å². The lowest BCUT2D eigenvalue weighted by atomic mass is 10.1. The molecule has 1 aromatic rings. The molecule has 0 bridgehead atoms. The molecule has 0 aliphatic rings. The van der Waals surface area contributed by atoms with Crippen LogP contribution < -0.4 is 0 Å². The molecule has 0 aromatic carbocycles. The van der Waals surface area contributed by atoms with Gasteiger partial charge in [-0.1, -0.05) is 12.1 Å². The van der Waals surface area contributed by atoms with Crippen molar-refractivity contribution < 1.29 is 22.0 Å². The maximum Gasteiger partial charge on any atom is 0.459 e. The van der Waals surface area contributed by atoms with Gasteiger partial charge in [-0.2, -0.15) is 22.0 Å². The minimum absolute atomic E-state index is 0.00613. The van der Waals surface area contributed by atoms with Gasteiger partial charge in [-0.05, 0) is 20.3 Å². The Balaban J connectivity index is 3.33. The van der Waals surface area contributed by atoms with Gasteiger partial charge in [0, 0.05) is 6.04 Å². The molecule has 0 atom stereocenters. The van der Waals surface area contributed by atoms with E-state index in [4.69, 9.17) is 0 Å². The van der Waals surface area contributed by atoms with E-state index >= 15 is 0 Å². The SMILES string of the molecule is CCc1c(C(F)(F)C(F)(F)F)nnn1C(C)C. The predicted octanol–water partition coefficient (Wildman–Crippen LogP) is 3.08. The molecule has 0 saturated carbocycles. The number of nitrogens with zero attached hydrogens (tertiary/aromatic N) is 3. The first-order valence-electron chi connectivity index (χ1n) is 5.02. The number of hydrogen-bond acceptors (Lipinski definition) is 2. The first-order valence-corrected chi connectivity index (χ1v) is 5.02. The molecule has 0 N–H and O–H groups in total. The van der Waals surface area contributed by atoms with Crippen LogP contribution in [0.3, 0.4) is 0 Å². The molecule has 8 heteroatoms. The molecule has 1 aromatic heterocycles. The standard InChI is InChI=1S/C9H12F5N3/c1-4-6-7(8(10,11)9(12,13)14)15-16-17(6)5(2)3/h5H,4H2,1-3H3. The minimum atomic E-state index is -5.66. The monoisotopic (exact) mass is 257 g/mol. The van der Waals surface area contributed by atoms with Crippen LogP contribution in [0.5, 0.6) is 0 Å². The van der Waals surface area contributed by atoms with Gasteiger partial charge >= 0.3 is 12.1 Å².